The van der Waals surface area contributed by atoms with Gasteiger partial charge in [-0.15, -0.1) is 0 Å². The van der Waals surface area contributed by atoms with Crippen molar-refractivity contribution in [1.29, 1.82) is 0 Å². The molecule has 1 atom stereocenters. The molecule has 0 amide bonds. The van der Waals surface area contributed by atoms with Crippen LogP contribution in [0.1, 0.15) is 29.9 Å². The van der Waals surface area contributed by atoms with Gasteiger partial charge in [0.05, 0.1) is 24.2 Å². The fourth-order valence-corrected chi connectivity index (χ4v) is 2.23. The lowest BCUT2D eigenvalue weighted by Gasteiger charge is -2.17. The zero-order valence-electron chi connectivity index (χ0n) is 12.5. The van der Waals surface area contributed by atoms with Gasteiger partial charge >= 0.3 is 0 Å². The van der Waals surface area contributed by atoms with Gasteiger partial charge in [-0.05, 0) is 38.5 Å². The van der Waals surface area contributed by atoms with E-state index in [4.69, 9.17) is 4.74 Å². The van der Waals surface area contributed by atoms with Gasteiger partial charge in [-0.1, -0.05) is 6.07 Å². The van der Waals surface area contributed by atoms with E-state index < -0.39 is 0 Å². The zero-order chi connectivity index (χ0) is 14.9. The average Bonchev–Trinajstić information content (AvgIpc) is 2.66. The third kappa shape index (κ3) is 2.61. The Morgan fingerprint density at radius 2 is 2.05 bits per heavy atom. The molecule has 1 aromatic heterocycles. The summed E-state index contributed by atoms with van der Waals surface area (Å²) >= 11 is 0. The Morgan fingerprint density at radius 1 is 1.35 bits per heavy atom. The molecule has 0 fully saturated rings. The molecule has 108 valence electrons. The number of aromatic nitrogens is 2. The minimum Gasteiger partial charge on any atom is -0.494 e. The van der Waals surface area contributed by atoms with Crippen molar-refractivity contribution in [3.63, 3.8) is 0 Å². The molecular weight excluding hydrogens is 257 g/mol. The Hall–Kier alpha value is -2.04. The molecule has 20 heavy (non-hydrogen) atoms. The predicted molar refractivity (Wildman–Crippen MR) is 77.7 cm³/mol. The first-order valence-corrected chi connectivity index (χ1v) is 6.54. The molecule has 0 saturated heterocycles. The predicted octanol–water partition coefficient (Wildman–Crippen LogP) is 3.36. The molecule has 0 radical (unpaired) electrons. The van der Waals surface area contributed by atoms with Crippen LogP contribution in [0.5, 0.6) is 5.75 Å². The molecule has 1 N–H and O–H groups in total. The van der Waals surface area contributed by atoms with Gasteiger partial charge in [0.2, 0.25) is 0 Å². The number of benzene rings is 1. The van der Waals surface area contributed by atoms with Gasteiger partial charge < -0.3 is 10.1 Å². The van der Waals surface area contributed by atoms with E-state index in [0.717, 1.165) is 22.6 Å². The second-order valence-electron chi connectivity index (χ2n) is 4.93. The Kier molecular flexibility index (Phi) is 3.97. The minimum atomic E-state index is -0.350. The molecule has 0 aliphatic rings. The van der Waals surface area contributed by atoms with Crippen molar-refractivity contribution >= 4 is 5.69 Å². The van der Waals surface area contributed by atoms with E-state index in [9.17, 15) is 4.39 Å². The van der Waals surface area contributed by atoms with Gasteiger partial charge in [0.25, 0.3) is 0 Å². The maximum absolute atomic E-state index is 13.4. The molecule has 0 aliphatic heterocycles. The van der Waals surface area contributed by atoms with Crippen molar-refractivity contribution in [2.24, 2.45) is 7.05 Å². The van der Waals surface area contributed by atoms with Gasteiger partial charge in [-0.2, -0.15) is 5.10 Å². The van der Waals surface area contributed by atoms with Gasteiger partial charge in [0.1, 0.15) is 0 Å². The minimum absolute atomic E-state index is 0.0334. The maximum Gasteiger partial charge on any atom is 0.165 e. The highest BCUT2D eigenvalue weighted by atomic mass is 19.1. The summed E-state index contributed by atoms with van der Waals surface area (Å²) in [7, 11) is 3.38. The van der Waals surface area contributed by atoms with Crippen molar-refractivity contribution in [3.8, 4) is 5.75 Å². The van der Waals surface area contributed by atoms with Crippen LogP contribution in [0.2, 0.25) is 0 Å². The van der Waals surface area contributed by atoms with Gasteiger partial charge in [0, 0.05) is 13.1 Å². The highest BCUT2D eigenvalue weighted by molar-refractivity contribution is 5.53. The van der Waals surface area contributed by atoms with Crippen molar-refractivity contribution in [1.82, 2.24) is 9.78 Å². The third-order valence-corrected chi connectivity index (χ3v) is 3.55. The monoisotopic (exact) mass is 277 g/mol. The number of halogens is 1. The van der Waals surface area contributed by atoms with Crippen LogP contribution in [0.25, 0.3) is 0 Å². The number of aryl methyl sites for hydroxylation is 2. The number of ether oxygens (including phenoxy) is 1. The molecule has 1 unspecified atom stereocenters. The summed E-state index contributed by atoms with van der Waals surface area (Å²) in [5.74, 6) is -0.0898. The lowest BCUT2D eigenvalue weighted by molar-refractivity contribution is 0.385. The van der Waals surface area contributed by atoms with Crippen LogP contribution < -0.4 is 10.1 Å². The normalized spacial score (nSPS) is 12.3. The molecule has 0 saturated carbocycles. The van der Waals surface area contributed by atoms with Crippen LogP contribution in [-0.2, 0) is 7.05 Å². The molecule has 2 rings (SSSR count). The van der Waals surface area contributed by atoms with Crippen molar-refractivity contribution in [2.45, 2.75) is 26.8 Å². The third-order valence-electron chi connectivity index (χ3n) is 3.55. The number of nitrogens with one attached hydrogen (secondary N) is 1. The summed E-state index contributed by atoms with van der Waals surface area (Å²) in [4.78, 5) is 0. The first kappa shape index (κ1) is 14.4. The van der Waals surface area contributed by atoms with E-state index >= 15 is 0 Å². The molecule has 1 aromatic carbocycles. The van der Waals surface area contributed by atoms with Crippen LogP contribution in [0, 0.1) is 19.7 Å². The lowest BCUT2D eigenvalue weighted by Crippen LogP contribution is -2.08. The van der Waals surface area contributed by atoms with Crippen molar-refractivity contribution < 1.29 is 9.13 Å². The van der Waals surface area contributed by atoms with E-state index in [1.54, 1.807) is 12.1 Å². The Balaban J connectivity index is 2.26. The number of hydrogen-bond donors (Lipinski definition) is 1. The van der Waals surface area contributed by atoms with Crippen LogP contribution in [0.4, 0.5) is 10.1 Å². The molecular formula is C15H20FN3O. The zero-order valence-corrected chi connectivity index (χ0v) is 12.5. The molecule has 0 spiro atoms. The van der Waals surface area contributed by atoms with Gasteiger partial charge in [-0.3, -0.25) is 4.68 Å². The Labute approximate surface area is 118 Å². The highest BCUT2D eigenvalue weighted by Crippen LogP contribution is 2.27. The average molecular weight is 277 g/mol. The summed E-state index contributed by atoms with van der Waals surface area (Å²) in [6.07, 6.45) is 0. The SMILES string of the molecule is COc1cc(C(C)Nc2c(C)nn(C)c2C)ccc1F. The largest absolute Gasteiger partial charge is 0.494 e. The van der Waals surface area contributed by atoms with Gasteiger partial charge in [-0.25, -0.2) is 4.39 Å². The highest BCUT2D eigenvalue weighted by Gasteiger charge is 2.14. The number of nitrogens with zero attached hydrogens (tertiary/aromatic N) is 2. The number of hydrogen-bond acceptors (Lipinski definition) is 3. The van der Waals surface area contributed by atoms with E-state index in [1.807, 2.05) is 32.5 Å². The topological polar surface area (TPSA) is 39.1 Å². The number of rotatable bonds is 4. The van der Waals surface area contributed by atoms with E-state index in [-0.39, 0.29) is 17.6 Å². The van der Waals surface area contributed by atoms with Crippen LogP contribution in [0.15, 0.2) is 18.2 Å². The number of anilines is 1. The summed E-state index contributed by atoms with van der Waals surface area (Å²) < 4.78 is 20.3. The summed E-state index contributed by atoms with van der Waals surface area (Å²) in [5.41, 5.74) is 4.00. The van der Waals surface area contributed by atoms with Crippen LogP contribution in [0.3, 0.4) is 0 Å². The van der Waals surface area contributed by atoms with Crippen LogP contribution >= 0.6 is 0 Å². The van der Waals surface area contributed by atoms with Gasteiger partial charge in [0.15, 0.2) is 11.6 Å². The molecule has 5 heteroatoms. The lowest BCUT2D eigenvalue weighted by atomic mass is 10.1. The molecule has 1 heterocycles. The van der Waals surface area contributed by atoms with Crippen molar-refractivity contribution in [2.75, 3.05) is 12.4 Å². The summed E-state index contributed by atoms with van der Waals surface area (Å²) in [6, 6.07) is 4.94. The summed E-state index contributed by atoms with van der Waals surface area (Å²) in [6.45, 7) is 6.01. The second-order valence-corrected chi connectivity index (χ2v) is 4.93. The number of methoxy groups -OCH3 is 1. The smallest absolute Gasteiger partial charge is 0.165 e. The fraction of sp³-hybridized carbons (Fsp3) is 0.400. The fourth-order valence-electron chi connectivity index (χ4n) is 2.23. The molecule has 4 nitrogen and oxygen atoms in total. The first-order valence-electron chi connectivity index (χ1n) is 6.54. The van der Waals surface area contributed by atoms with E-state index in [2.05, 4.69) is 10.4 Å². The standard InChI is InChI=1S/C15H20FN3O/c1-9(12-6-7-13(16)14(8-12)20-5)17-15-10(2)18-19(4)11(15)3/h6-9,17H,1-5H3. The molecule has 0 aliphatic carbocycles. The van der Waals surface area contributed by atoms with Crippen LogP contribution in [-0.4, -0.2) is 16.9 Å². The molecule has 2 aromatic rings. The summed E-state index contributed by atoms with van der Waals surface area (Å²) in [5, 5.41) is 7.80. The first-order chi connectivity index (χ1) is 9.43. The molecule has 0 bridgehead atoms. The maximum atomic E-state index is 13.4. The Bertz CT molecular complexity index is 622. The second kappa shape index (κ2) is 5.53. The Morgan fingerprint density at radius 3 is 2.60 bits per heavy atom. The quantitative estimate of drug-likeness (QED) is 0.931. The van der Waals surface area contributed by atoms with Crippen molar-refractivity contribution in [3.05, 3.63) is 41.0 Å². The van der Waals surface area contributed by atoms with E-state index in [1.165, 1.54) is 13.2 Å². The van der Waals surface area contributed by atoms with E-state index in [0.29, 0.717) is 0 Å².